The van der Waals surface area contributed by atoms with Crippen LogP contribution in [0.4, 0.5) is 0 Å². The van der Waals surface area contributed by atoms with Gasteiger partial charge >= 0.3 is 0 Å². The number of rotatable bonds is 3. The van der Waals surface area contributed by atoms with Gasteiger partial charge in [0.05, 0.1) is 12.1 Å². The number of thiocarbonyl (C=S) groups is 1. The van der Waals surface area contributed by atoms with Crippen molar-refractivity contribution < 1.29 is 4.79 Å². The third-order valence-corrected chi connectivity index (χ3v) is 3.48. The number of hydrogen-bond acceptors (Lipinski definition) is 3. The van der Waals surface area contributed by atoms with Crippen LogP contribution in [0.5, 0.6) is 0 Å². The molecule has 102 valence electrons. The Hall–Kier alpha value is -1.46. The summed E-state index contributed by atoms with van der Waals surface area (Å²) in [5.74, 6) is -0.0461. The molecule has 0 unspecified atom stereocenters. The van der Waals surface area contributed by atoms with Crippen molar-refractivity contribution in [2.45, 2.75) is 31.8 Å². The molecule has 1 fully saturated rings. The molecule has 2 atom stereocenters. The van der Waals surface area contributed by atoms with E-state index in [4.69, 9.17) is 12.2 Å². The molecule has 19 heavy (non-hydrogen) atoms. The van der Waals surface area contributed by atoms with Crippen LogP contribution in [0.25, 0.3) is 0 Å². The van der Waals surface area contributed by atoms with E-state index in [2.05, 4.69) is 16.0 Å². The molecule has 0 radical (unpaired) electrons. The molecule has 1 aromatic rings. The number of benzene rings is 1. The average Bonchev–Trinajstić information content (AvgIpc) is 2.93. The van der Waals surface area contributed by atoms with Crippen molar-refractivity contribution in [3.63, 3.8) is 0 Å². The maximum atomic E-state index is 11.9. The van der Waals surface area contributed by atoms with E-state index in [1.165, 1.54) is 0 Å². The number of carbonyl (C=O) groups is 1. The fourth-order valence-electron chi connectivity index (χ4n) is 2.17. The molecule has 1 saturated heterocycles. The van der Waals surface area contributed by atoms with Crippen LogP contribution in [0.15, 0.2) is 30.3 Å². The zero-order valence-electron chi connectivity index (χ0n) is 11.0. The lowest BCUT2D eigenvalue weighted by molar-refractivity contribution is -0.121. The van der Waals surface area contributed by atoms with E-state index in [1.54, 1.807) is 0 Å². The highest BCUT2D eigenvalue weighted by molar-refractivity contribution is 7.80. The van der Waals surface area contributed by atoms with Gasteiger partial charge < -0.3 is 16.0 Å². The predicted octanol–water partition coefficient (Wildman–Crippen LogP) is 1.49. The zero-order chi connectivity index (χ0) is 13.7. The molecule has 1 aromatic carbocycles. The molecule has 0 spiro atoms. The standard InChI is InChI=1S/C14H19N3OS/c1-10(11-6-3-2-4-7-11)16-14(19)17-13(18)12-8-5-9-15-12/h2-4,6-7,10,12,15H,5,8-9H2,1H3,(H2,16,17,18,19)/t10-,12-/m0/s1. The van der Waals surface area contributed by atoms with Crippen molar-refractivity contribution in [1.82, 2.24) is 16.0 Å². The van der Waals surface area contributed by atoms with E-state index in [1.807, 2.05) is 37.3 Å². The van der Waals surface area contributed by atoms with E-state index in [9.17, 15) is 4.79 Å². The molecule has 1 aliphatic heterocycles. The molecular formula is C14H19N3OS. The van der Waals surface area contributed by atoms with Crippen molar-refractivity contribution in [3.8, 4) is 0 Å². The zero-order valence-corrected chi connectivity index (χ0v) is 11.8. The van der Waals surface area contributed by atoms with E-state index >= 15 is 0 Å². The second-order valence-electron chi connectivity index (χ2n) is 4.74. The Morgan fingerprint density at radius 2 is 2.16 bits per heavy atom. The maximum Gasteiger partial charge on any atom is 0.243 e. The Labute approximate surface area is 119 Å². The van der Waals surface area contributed by atoms with Gasteiger partial charge in [-0.1, -0.05) is 30.3 Å². The summed E-state index contributed by atoms with van der Waals surface area (Å²) in [6.07, 6.45) is 1.92. The van der Waals surface area contributed by atoms with Gasteiger partial charge in [0.2, 0.25) is 5.91 Å². The molecular weight excluding hydrogens is 258 g/mol. The van der Waals surface area contributed by atoms with Crippen LogP contribution in [0.1, 0.15) is 31.4 Å². The van der Waals surface area contributed by atoms with Crippen LogP contribution < -0.4 is 16.0 Å². The minimum Gasteiger partial charge on any atom is -0.356 e. The summed E-state index contributed by atoms with van der Waals surface area (Å²) in [5, 5.41) is 9.40. The van der Waals surface area contributed by atoms with Gasteiger partial charge in [0, 0.05) is 0 Å². The monoisotopic (exact) mass is 277 g/mol. The van der Waals surface area contributed by atoms with Crippen molar-refractivity contribution in [1.29, 1.82) is 0 Å². The Morgan fingerprint density at radius 3 is 2.79 bits per heavy atom. The summed E-state index contributed by atoms with van der Waals surface area (Å²) in [7, 11) is 0. The topological polar surface area (TPSA) is 53.2 Å². The van der Waals surface area contributed by atoms with Gasteiger partial charge in [-0.25, -0.2) is 0 Å². The van der Waals surface area contributed by atoms with Crippen LogP contribution >= 0.6 is 12.2 Å². The van der Waals surface area contributed by atoms with Crippen LogP contribution in [0, 0.1) is 0 Å². The Morgan fingerprint density at radius 1 is 1.42 bits per heavy atom. The number of amides is 1. The van der Waals surface area contributed by atoms with E-state index < -0.39 is 0 Å². The van der Waals surface area contributed by atoms with Gasteiger partial charge in [-0.3, -0.25) is 4.79 Å². The van der Waals surface area contributed by atoms with Gasteiger partial charge in [-0.15, -0.1) is 0 Å². The van der Waals surface area contributed by atoms with Crippen molar-refractivity contribution in [2.75, 3.05) is 6.54 Å². The first-order valence-corrected chi connectivity index (χ1v) is 6.97. The maximum absolute atomic E-state index is 11.9. The lowest BCUT2D eigenvalue weighted by atomic mass is 10.1. The summed E-state index contributed by atoms with van der Waals surface area (Å²) < 4.78 is 0. The fourth-order valence-corrected chi connectivity index (χ4v) is 2.44. The molecule has 0 aliphatic carbocycles. The fraction of sp³-hybridized carbons (Fsp3) is 0.429. The average molecular weight is 277 g/mol. The molecule has 1 heterocycles. The van der Waals surface area contributed by atoms with E-state index in [0.717, 1.165) is 24.9 Å². The first-order chi connectivity index (χ1) is 9.16. The number of hydrogen-bond donors (Lipinski definition) is 3. The quantitative estimate of drug-likeness (QED) is 0.733. The second-order valence-corrected chi connectivity index (χ2v) is 5.15. The molecule has 4 nitrogen and oxygen atoms in total. The largest absolute Gasteiger partial charge is 0.356 e. The third-order valence-electron chi connectivity index (χ3n) is 3.26. The summed E-state index contributed by atoms with van der Waals surface area (Å²) in [5.41, 5.74) is 1.14. The van der Waals surface area contributed by atoms with Crippen molar-refractivity contribution >= 4 is 23.2 Å². The molecule has 5 heteroatoms. The summed E-state index contributed by atoms with van der Waals surface area (Å²) >= 11 is 5.17. The molecule has 2 rings (SSSR count). The summed E-state index contributed by atoms with van der Waals surface area (Å²) in [4.78, 5) is 11.9. The molecule has 1 aliphatic rings. The lowest BCUT2D eigenvalue weighted by Crippen LogP contribution is -2.47. The highest BCUT2D eigenvalue weighted by atomic mass is 32.1. The lowest BCUT2D eigenvalue weighted by Gasteiger charge is -2.18. The van der Waals surface area contributed by atoms with Gasteiger partial charge in [-0.2, -0.15) is 0 Å². The van der Waals surface area contributed by atoms with Crippen LogP contribution in [-0.2, 0) is 4.79 Å². The van der Waals surface area contributed by atoms with E-state index in [0.29, 0.717) is 5.11 Å². The van der Waals surface area contributed by atoms with Crippen LogP contribution in [0.2, 0.25) is 0 Å². The Kier molecular flexibility index (Phi) is 4.87. The number of carbonyl (C=O) groups excluding carboxylic acids is 1. The summed E-state index contributed by atoms with van der Waals surface area (Å²) in [6, 6.07) is 9.97. The first-order valence-electron chi connectivity index (χ1n) is 6.56. The molecule has 0 aromatic heterocycles. The number of nitrogens with one attached hydrogen (secondary N) is 3. The predicted molar refractivity (Wildman–Crippen MR) is 79.8 cm³/mol. The van der Waals surface area contributed by atoms with Crippen molar-refractivity contribution in [3.05, 3.63) is 35.9 Å². The Bertz CT molecular complexity index is 443. The van der Waals surface area contributed by atoms with Crippen LogP contribution in [-0.4, -0.2) is 23.6 Å². The molecule has 3 N–H and O–H groups in total. The smallest absolute Gasteiger partial charge is 0.243 e. The van der Waals surface area contributed by atoms with Crippen LogP contribution in [0.3, 0.4) is 0 Å². The van der Waals surface area contributed by atoms with Gasteiger partial charge in [-0.05, 0) is 44.1 Å². The highest BCUT2D eigenvalue weighted by Crippen LogP contribution is 2.10. The molecule has 0 bridgehead atoms. The molecule has 0 saturated carbocycles. The third kappa shape index (κ3) is 4.01. The molecule has 1 amide bonds. The SMILES string of the molecule is C[C@H](NC(=S)NC(=O)[C@@H]1CCCN1)c1ccccc1. The van der Waals surface area contributed by atoms with Gasteiger partial charge in [0.1, 0.15) is 0 Å². The minimum atomic E-state index is -0.105. The highest BCUT2D eigenvalue weighted by Gasteiger charge is 2.22. The summed E-state index contributed by atoms with van der Waals surface area (Å²) in [6.45, 7) is 2.92. The Balaban J connectivity index is 1.82. The minimum absolute atomic E-state index is 0.0461. The second kappa shape index (κ2) is 6.63. The van der Waals surface area contributed by atoms with Crippen molar-refractivity contribution in [2.24, 2.45) is 0 Å². The first kappa shape index (κ1) is 14.0. The van der Waals surface area contributed by atoms with Gasteiger partial charge in [0.25, 0.3) is 0 Å². The van der Waals surface area contributed by atoms with E-state index in [-0.39, 0.29) is 18.0 Å². The normalized spacial score (nSPS) is 19.7. The van der Waals surface area contributed by atoms with Gasteiger partial charge in [0.15, 0.2) is 5.11 Å².